The Morgan fingerprint density at radius 3 is 0.950 bits per heavy atom. The summed E-state index contributed by atoms with van der Waals surface area (Å²) in [7, 11) is -9.97. The zero-order valence-corrected chi connectivity index (χ0v) is 79.9. The lowest BCUT2D eigenvalue weighted by Crippen LogP contribution is -2.67. The van der Waals surface area contributed by atoms with Gasteiger partial charge in [-0.2, -0.15) is 0 Å². The van der Waals surface area contributed by atoms with Gasteiger partial charge in [0.15, 0.2) is 12.4 Å². The highest BCUT2D eigenvalue weighted by Crippen LogP contribution is 2.44. The van der Waals surface area contributed by atoms with Crippen LogP contribution in [0.15, 0.2) is 0 Å². The second kappa shape index (κ2) is 79.1. The molecule has 4 unspecified atom stereocenters. The molecule has 1 fully saturated rings. The highest BCUT2D eigenvalue weighted by atomic mass is 31.2. The van der Waals surface area contributed by atoms with E-state index in [9.17, 15) is 58.0 Å². The van der Waals surface area contributed by atoms with E-state index in [-0.39, 0.29) is 32.1 Å². The molecule has 7 N–H and O–H groups in total. The number of rotatable bonds is 89. The Kier molecular flexibility index (Phi) is 75.8. The lowest BCUT2D eigenvalue weighted by atomic mass is 9.90. The second-order valence-corrected chi connectivity index (χ2v) is 38.9. The molecule has 0 aromatic heterocycles. The summed E-state index contributed by atoms with van der Waals surface area (Å²) in [5.74, 6) is -3.78. The number of phosphoric ester groups is 1. The number of nitrogens with one attached hydrogen (secondary N) is 2. The van der Waals surface area contributed by atoms with Crippen LogP contribution >= 0.6 is 15.4 Å². The molecule has 1 aliphatic rings. The van der Waals surface area contributed by atoms with Crippen molar-refractivity contribution in [2.24, 2.45) is 5.41 Å². The first kappa shape index (κ1) is 116. The van der Waals surface area contributed by atoms with E-state index in [2.05, 4.69) is 52.2 Å². The maximum atomic E-state index is 15.2. The van der Waals surface area contributed by atoms with Gasteiger partial charge in [0.25, 0.3) is 0 Å². The molecule has 714 valence electrons. The number of phosphoric acid groups is 1. The molecular formula is C96H184N2O21P2. The maximum Gasteiger partial charge on any atom is 0.470 e. The molecule has 121 heavy (non-hydrogen) atoms. The average molecular weight is 1760 g/mol. The van der Waals surface area contributed by atoms with Crippen LogP contribution in [0.25, 0.3) is 0 Å². The van der Waals surface area contributed by atoms with Gasteiger partial charge in [0.2, 0.25) is 11.8 Å². The Hall–Kier alpha value is -3.08. The highest BCUT2D eigenvalue weighted by molar-refractivity contribution is 7.51. The molecule has 2 amide bonds. The fraction of sp³-hybridized carbons (Fsp3) is 0.938. The molecule has 23 nitrogen and oxygen atoms in total. The summed E-state index contributed by atoms with van der Waals surface area (Å²) in [5, 5.41) is 28.4. The number of unbranched alkanes of at least 4 members (excludes halogenated alkanes) is 54. The molecule has 1 saturated heterocycles. The first-order valence-corrected chi connectivity index (χ1v) is 53.6. The van der Waals surface area contributed by atoms with Crippen LogP contribution in [0.3, 0.4) is 0 Å². The van der Waals surface area contributed by atoms with Gasteiger partial charge in [-0.1, -0.05) is 388 Å². The van der Waals surface area contributed by atoms with E-state index < -0.39 is 151 Å². The Morgan fingerprint density at radius 1 is 0.372 bits per heavy atom. The third-order valence-electron chi connectivity index (χ3n) is 23.8. The van der Waals surface area contributed by atoms with Crippen LogP contribution in [0, 0.1) is 5.41 Å². The normalized spacial score (nSPS) is 17.3. The summed E-state index contributed by atoms with van der Waals surface area (Å²) in [4.78, 5) is 118. The lowest BCUT2D eigenvalue weighted by Gasteiger charge is -2.46. The maximum absolute atomic E-state index is 15.2. The highest BCUT2D eigenvalue weighted by Gasteiger charge is 2.53. The van der Waals surface area contributed by atoms with Gasteiger partial charge in [0.1, 0.15) is 36.6 Å². The van der Waals surface area contributed by atoms with Gasteiger partial charge in [-0.15, -0.1) is 0 Å². The number of esters is 4. The standard InChI is InChI=1S/C96H184N2O21P2/c1-8-14-20-26-32-38-41-47-53-59-65-71-88(103)114-82(68-62-56-50-44-35-29-23-17-11-4)74-86(101)97-78-96(79-100,81-113-120(7,107)108)80-112-95-92(98-87(102)75-83(69-63-57-51-45-36-30-24-18-12-5)115-89(104)72-66-60-54-48-42-39-33-27-21-15-9-2)94(93(85(77-99)117-95)119-121(109,110)111)118-91(106)76-84(70-64-58-52-46-37-31-25-19-13-6)116-90(105)73-67-61-55-49-43-40-34-28-22-16-10-3/h82-85,92-95,99-100H,8-81H2,1-7H3,(H,97,101)(H,98,102)(H,107,108)(H2,109,110,111)/t82-,83-,84-,85?,92+,93-,94?,95-,96?/m1/s1. The van der Waals surface area contributed by atoms with E-state index in [1.807, 2.05) is 0 Å². The molecule has 0 aromatic carbocycles. The summed E-state index contributed by atoms with van der Waals surface area (Å²) < 4.78 is 74.9. The minimum absolute atomic E-state index is 0.117. The summed E-state index contributed by atoms with van der Waals surface area (Å²) in [5.41, 5.74) is -1.83. The van der Waals surface area contributed by atoms with Crippen molar-refractivity contribution in [3.8, 4) is 0 Å². The number of amides is 2. The smallest absolute Gasteiger partial charge is 0.462 e. The molecule has 1 aliphatic heterocycles. The van der Waals surface area contributed by atoms with Crippen molar-refractivity contribution in [2.45, 2.75) is 534 Å². The number of aliphatic hydroxyl groups is 2. The molecule has 0 aliphatic carbocycles. The Morgan fingerprint density at radius 2 is 0.661 bits per heavy atom. The van der Waals surface area contributed by atoms with Gasteiger partial charge >= 0.3 is 39.3 Å². The molecule has 25 heteroatoms. The molecule has 0 saturated carbocycles. The molecule has 0 bridgehead atoms. The zero-order chi connectivity index (χ0) is 89.0. The monoisotopic (exact) mass is 1760 g/mol. The van der Waals surface area contributed by atoms with E-state index >= 15 is 4.79 Å². The quantitative estimate of drug-likeness (QED) is 0.0129. The predicted molar refractivity (Wildman–Crippen MR) is 487 cm³/mol. The van der Waals surface area contributed by atoms with Gasteiger partial charge in [-0.25, -0.2) is 4.57 Å². The van der Waals surface area contributed by atoms with Crippen LogP contribution in [0.2, 0.25) is 0 Å². The van der Waals surface area contributed by atoms with Crippen LogP contribution in [-0.4, -0.2) is 149 Å². The largest absolute Gasteiger partial charge is 0.470 e. The Balaban J connectivity index is 4.00. The van der Waals surface area contributed by atoms with Crippen LogP contribution in [0.5, 0.6) is 0 Å². The molecular weight excluding hydrogens is 1580 g/mol. The zero-order valence-electron chi connectivity index (χ0n) is 78.1. The van der Waals surface area contributed by atoms with E-state index in [0.29, 0.717) is 51.4 Å². The van der Waals surface area contributed by atoms with Crippen molar-refractivity contribution in [1.82, 2.24) is 10.6 Å². The summed E-state index contributed by atoms with van der Waals surface area (Å²) in [6.45, 7) is 10.3. The van der Waals surface area contributed by atoms with Gasteiger partial charge in [-0.3, -0.25) is 37.9 Å². The number of hydrogen-bond acceptors (Lipinski definition) is 18. The molecule has 1 heterocycles. The number of ether oxygens (including phenoxy) is 6. The molecule has 0 radical (unpaired) electrons. The topological polar surface area (TPSA) is 336 Å². The van der Waals surface area contributed by atoms with Gasteiger partial charge in [0, 0.05) is 32.5 Å². The van der Waals surface area contributed by atoms with Crippen LogP contribution in [-0.2, 0) is 75.4 Å². The summed E-state index contributed by atoms with van der Waals surface area (Å²) >= 11 is 0. The minimum Gasteiger partial charge on any atom is -0.462 e. The van der Waals surface area contributed by atoms with Crippen molar-refractivity contribution < 1.29 is 100 Å². The fourth-order valence-corrected chi connectivity index (χ4v) is 17.3. The number of aliphatic hydroxyl groups excluding tert-OH is 2. The van der Waals surface area contributed by atoms with E-state index in [1.54, 1.807) is 0 Å². The number of carbonyl (C=O) groups excluding carboxylic acids is 6. The van der Waals surface area contributed by atoms with E-state index in [0.717, 1.165) is 193 Å². The second-order valence-electron chi connectivity index (χ2n) is 35.8. The van der Waals surface area contributed by atoms with Crippen molar-refractivity contribution in [1.29, 1.82) is 0 Å². The lowest BCUT2D eigenvalue weighted by molar-refractivity contribution is -0.278. The first-order chi connectivity index (χ1) is 58.5. The van der Waals surface area contributed by atoms with Crippen LogP contribution in [0.1, 0.15) is 485 Å². The van der Waals surface area contributed by atoms with Gasteiger partial charge in [-0.05, 0) is 57.8 Å². The predicted octanol–water partition coefficient (Wildman–Crippen LogP) is 24.3. The fourth-order valence-electron chi connectivity index (χ4n) is 16.2. The summed E-state index contributed by atoms with van der Waals surface area (Å²) in [6, 6.07) is -1.81. The first-order valence-electron chi connectivity index (χ1n) is 50.0. The van der Waals surface area contributed by atoms with Crippen molar-refractivity contribution in [3.05, 3.63) is 0 Å². The third-order valence-corrected chi connectivity index (χ3v) is 24.9. The minimum atomic E-state index is -5.61. The average Bonchev–Trinajstić information content (AvgIpc) is 0.776. The van der Waals surface area contributed by atoms with E-state index in [1.165, 1.54) is 161 Å². The number of hydrogen-bond donors (Lipinski definition) is 7. The number of carbonyl (C=O) groups is 6. The Bertz CT molecular complexity index is 2580. The van der Waals surface area contributed by atoms with Crippen LogP contribution in [0.4, 0.5) is 0 Å². The van der Waals surface area contributed by atoms with Crippen LogP contribution < -0.4 is 10.6 Å². The molecule has 0 aromatic rings. The van der Waals surface area contributed by atoms with Gasteiger partial charge < -0.3 is 68.5 Å². The molecule has 1 rings (SSSR count). The SMILES string of the molecule is CCCCCCCCCCCCCC(=O)O[C@H](CCCCCCCCCCC)CC(=O)NCC(CO)(CO[C@@H]1OC(CO)[C@@H](OP(=O)(O)O)C(OC(=O)C[C@@H](CCCCCCCCCCC)OC(=O)CCCCCCCCCCCCC)[C@@H]1NC(=O)C[C@@H](CCCCCCCCCCC)OC(=O)CCCCCCCCCCCCC)COP(C)(=O)O. The Labute approximate surface area is 736 Å². The van der Waals surface area contributed by atoms with Crippen molar-refractivity contribution in [2.75, 3.05) is 39.6 Å². The molecule has 10 atom stereocenters. The summed E-state index contributed by atoms with van der Waals surface area (Å²) in [6.07, 6.45) is 53.5. The van der Waals surface area contributed by atoms with Gasteiger partial charge in [0.05, 0.1) is 51.1 Å². The molecule has 0 spiro atoms. The van der Waals surface area contributed by atoms with Crippen molar-refractivity contribution >= 4 is 51.1 Å². The third kappa shape index (κ3) is 68.7. The van der Waals surface area contributed by atoms with Crippen molar-refractivity contribution in [3.63, 3.8) is 0 Å². The van der Waals surface area contributed by atoms with E-state index in [4.69, 9.17) is 37.5 Å².